The molecule has 0 aliphatic heterocycles. The molecule has 3 nitrogen and oxygen atoms in total. The standard InChI is InChI=1S/C12H14N2OS/c1-12(8-16,15-2)11-10-6-4-3-5-9(10)7-13-14-11/h3-7,16H,8H2,1-2H3. The van der Waals surface area contributed by atoms with E-state index in [1.54, 1.807) is 13.3 Å². The lowest BCUT2D eigenvalue weighted by atomic mass is 9.99. The predicted octanol–water partition coefficient (Wildman–Crippen LogP) is 2.42. The van der Waals surface area contributed by atoms with Gasteiger partial charge in [-0.1, -0.05) is 24.3 Å². The number of thiol groups is 1. The van der Waals surface area contributed by atoms with Gasteiger partial charge in [-0.05, 0) is 6.92 Å². The van der Waals surface area contributed by atoms with Crippen LogP contribution in [0.2, 0.25) is 0 Å². The van der Waals surface area contributed by atoms with Crippen LogP contribution in [-0.2, 0) is 10.3 Å². The van der Waals surface area contributed by atoms with E-state index in [-0.39, 0.29) is 0 Å². The first kappa shape index (κ1) is 11.4. The van der Waals surface area contributed by atoms with E-state index in [1.165, 1.54) is 0 Å². The number of methoxy groups -OCH3 is 1. The van der Waals surface area contributed by atoms with Gasteiger partial charge in [0.25, 0.3) is 0 Å². The summed E-state index contributed by atoms with van der Waals surface area (Å²) in [6.07, 6.45) is 1.76. The van der Waals surface area contributed by atoms with Crippen LogP contribution in [0.5, 0.6) is 0 Å². The Hall–Kier alpha value is -1.13. The smallest absolute Gasteiger partial charge is 0.118 e. The van der Waals surface area contributed by atoms with E-state index in [1.807, 2.05) is 31.2 Å². The molecule has 0 amide bonds. The molecule has 84 valence electrons. The summed E-state index contributed by atoms with van der Waals surface area (Å²) in [6.45, 7) is 1.97. The number of fused-ring (bicyclic) bond motifs is 1. The Bertz CT molecular complexity index is 492. The summed E-state index contributed by atoms with van der Waals surface area (Å²) in [5.74, 6) is 0.562. The van der Waals surface area contributed by atoms with Crippen LogP contribution in [0.4, 0.5) is 0 Å². The molecule has 0 aliphatic carbocycles. The van der Waals surface area contributed by atoms with Gasteiger partial charge >= 0.3 is 0 Å². The molecule has 0 bridgehead atoms. The zero-order valence-electron chi connectivity index (χ0n) is 9.34. The third-order valence-electron chi connectivity index (χ3n) is 2.82. The molecule has 2 rings (SSSR count). The monoisotopic (exact) mass is 234 g/mol. The summed E-state index contributed by atoms with van der Waals surface area (Å²) < 4.78 is 5.50. The van der Waals surface area contributed by atoms with Crippen molar-refractivity contribution >= 4 is 23.4 Å². The first-order valence-corrected chi connectivity index (χ1v) is 5.71. The van der Waals surface area contributed by atoms with Crippen LogP contribution in [-0.4, -0.2) is 23.1 Å². The second-order valence-electron chi connectivity index (χ2n) is 3.87. The maximum absolute atomic E-state index is 5.50. The maximum Gasteiger partial charge on any atom is 0.118 e. The average Bonchev–Trinajstić information content (AvgIpc) is 2.37. The highest BCUT2D eigenvalue weighted by Crippen LogP contribution is 2.29. The van der Waals surface area contributed by atoms with Crippen LogP contribution in [0.3, 0.4) is 0 Å². The summed E-state index contributed by atoms with van der Waals surface area (Å²) in [5.41, 5.74) is 0.333. The van der Waals surface area contributed by atoms with Crippen molar-refractivity contribution in [2.75, 3.05) is 12.9 Å². The second-order valence-corrected chi connectivity index (χ2v) is 4.19. The Balaban J connectivity index is 2.69. The zero-order valence-corrected chi connectivity index (χ0v) is 10.2. The van der Waals surface area contributed by atoms with Gasteiger partial charge in [-0.2, -0.15) is 22.8 Å². The summed E-state index contributed by atoms with van der Waals surface area (Å²) in [7, 11) is 1.67. The van der Waals surface area contributed by atoms with Crippen molar-refractivity contribution in [3.8, 4) is 0 Å². The quantitative estimate of drug-likeness (QED) is 0.828. The van der Waals surface area contributed by atoms with Crippen LogP contribution < -0.4 is 0 Å². The molecule has 0 radical (unpaired) electrons. The summed E-state index contributed by atoms with van der Waals surface area (Å²) in [5, 5.41) is 10.3. The van der Waals surface area contributed by atoms with Gasteiger partial charge < -0.3 is 4.74 Å². The van der Waals surface area contributed by atoms with Crippen LogP contribution in [0.25, 0.3) is 10.8 Å². The van der Waals surface area contributed by atoms with E-state index >= 15 is 0 Å². The maximum atomic E-state index is 5.50. The van der Waals surface area contributed by atoms with Crippen LogP contribution >= 0.6 is 12.6 Å². The molecular formula is C12H14N2OS. The highest BCUT2D eigenvalue weighted by atomic mass is 32.1. The minimum atomic E-state index is -0.503. The van der Waals surface area contributed by atoms with Crippen molar-refractivity contribution in [3.63, 3.8) is 0 Å². The Kier molecular flexibility index (Phi) is 3.12. The second kappa shape index (κ2) is 4.39. The van der Waals surface area contributed by atoms with Gasteiger partial charge in [0.2, 0.25) is 0 Å². The largest absolute Gasteiger partial charge is 0.371 e. The van der Waals surface area contributed by atoms with Crippen LogP contribution in [0.15, 0.2) is 30.5 Å². The van der Waals surface area contributed by atoms with Gasteiger partial charge in [0.1, 0.15) is 11.3 Å². The molecule has 1 aromatic carbocycles. The number of benzene rings is 1. The number of hydrogen-bond acceptors (Lipinski definition) is 4. The molecule has 2 aromatic rings. The van der Waals surface area contributed by atoms with Gasteiger partial charge in [0.15, 0.2) is 0 Å². The van der Waals surface area contributed by atoms with E-state index in [9.17, 15) is 0 Å². The molecule has 1 unspecified atom stereocenters. The molecule has 0 saturated carbocycles. The van der Waals surface area contributed by atoms with Crippen molar-refractivity contribution in [2.45, 2.75) is 12.5 Å². The molecule has 0 saturated heterocycles. The Morgan fingerprint density at radius 3 is 2.81 bits per heavy atom. The van der Waals surface area contributed by atoms with E-state index in [0.29, 0.717) is 5.75 Å². The zero-order chi connectivity index (χ0) is 11.6. The van der Waals surface area contributed by atoms with E-state index in [0.717, 1.165) is 16.5 Å². The number of nitrogens with zero attached hydrogens (tertiary/aromatic N) is 2. The molecular weight excluding hydrogens is 220 g/mol. The normalized spacial score (nSPS) is 14.9. The number of rotatable bonds is 3. The molecule has 0 N–H and O–H groups in total. The molecule has 1 atom stereocenters. The van der Waals surface area contributed by atoms with Gasteiger partial charge in [0.05, 0.1) is 6.20 Å². The van der Waals surface area contributed by atoms with Crippen molar-refractivity contribution in [3.05, 3.63) is 36.2 Å². The minimum absolute atomic E-state index is 0.503. The fourth-order valence-electron chi connectivity index (χ4n) is 1.65. The molecule has 4 heteroatoms. The van der Waals surface area contributed by atoms with Crippen molar-refractivity contribution in [2.24, 2.45) is 0 Å². The summed E-state index contributed by atoms with van der Waals surface area (Å²) in [6, 6.07) is 8.02. The van der Waals surface area contributed by atoms with Crippen molar-refractivity contribution in [1.29, 1.82) is 0 Å². The highest BCUT2D eigenvalue weighted by Gasteiger charge is 2.28. The van der Waals surface area contributed by atoms with Crippen LogP contribution in [0.1, 0.15) is 12.6 Å². The summed E-state index contributed by atoms with van der Waals surface area (Å²) in [4.78, 5) is 0. The number of ether oxygens (including phenoxy) is 1. The third kappa shape index (κ3) is 1.79. The molecule has 16 heavy (non-hydrogen) atoms. The minimum Gasteiger partial charge on any atom is -0.371 e. The lowest BCUT2D eigenvalue weighted by Crippen LogP contribution is -2.28. The predicted molar refractivity (Wildman–Crippen MR) is 67.8 cm³/mol. The van der Waals surface area contributed by atoms with Gasteiger partial charge in [0, 0.05) is 23.6 Å². The fraction of sp³-hybridized carbons (Fsp3) is 0.333. The molecule has 1 heterocycles. The van der Waals surface area contributed by atoms with Gasteiger partial charge in [-0.25, -0.2) is 0 Å². The molecule has 0 spiro atoms. The van der Waals surface area contributed by atoms with Crippen LogP contribution in [0, 0.1) is 0 Å². The van der Waals surface area contributed by atoms with E-state index in [2.05, 4.69) is 22.8 Å². The first-order chi connectivity index (χ1) is 7.71. The Labute approximate surface area is 100 Å². The summed E-state index contributed by atoms with van der Waals surface area (Å²) >= 11 is 4.33. The Morgan fingerprint density at radius 1 is 1.38 bits per heavy atom. The van der Waals surface area contributed by atoms with Gasteiger partial charge in [-0.15, -0.1) is 0 Å². The lowest BCUT2D eigenvalue weighted by molar-refractivity contribution is 0.0210. The Morgan fingerprint density at radius 2 is 2.12 bits per heavy atom. The number of hydrogen-bond donors (Lipinski definition) is 1. The highest BCUT2D eigenvalue weighted by molar-refractivity contribution is 7.80. The SMILES string of the molecule is COC(C)(CS)c1nncc2ccccc12. The first-order valence-electron chi connectivity index (χ1n) is 5.08. The third-order valence-corrected chi connectivity index (χ3v) is 3.43. The fourth-order valence-corrected chi connectivity index (χ4v) is 1.93. The number of aromatic nitrogens is 2. The van der Waals surface area contributed by atoms with Crippen molar-refractivity contribution in [1.82, 2.24) is 10.2 Å². The average molecular weight is 234 g/mol. The lowest BCUT2D eigenvalue weighted by Gasteiger charge is -2.25. The topological polar surface area (TPSA) is 35.0 Å². The van der Waals surface area contributed by atoms with Gasteiger partial charge in [-0.3, -0.25) is 0 Å². The van der Waals surface area contributed by atoms with Crippen molar-refractivity contribution < 1.29 is 4.74 Å². The van der Waals surface area contributed by atoms with E-state index in [4.69, 9.17) is 4.74 Å². The molecule has 0 fully saturated rings. The van der Waals surface area contributed by atoms with E-state index < -0.39 is 5.60 Å². The molecule has 0 aliphatic rings. The molecule has 1 aromatic heterocycles.